The Bertz CT molecular complexity index is 932. The fourth-order valence-electron chi connectivity index (χ4n) is 3.12. The number of likely N-dealkylation sites (N-methyl/N-ethyl adjacent to an activating group) is 1. The van der Waals surface area contributed by atoms with Crippen molar-refractivity contribution in [2.45, 2.75) is 19.4 Å². The Morgan fingerprint density at radius 3 is 2.85 bits per heavy atom. The Balaban J connectivity index is 1.60. The first kappa shape index (κ1) is 16.5. The predicted molar refractivity (Wildman–Crippen MR) is 96.3 cm³/mol. The summed E-state index contributed by atoms with van der Waals surface area (Å²) in [5, 5.41) is 6.74. The molecule has 1 amide bonds. The number of carbonyl (C=O) groups excluding carboxylic acids is 1. The number of rotatable bonds is 4. The van der Waals surface area contributed by atoms with Crippen molar-refractivity contribution in [3.63, 3.8) is 0 Å². The van der Waals surface area contributed by atoms with Gasteiger partial charge in [-0.15, -0.1) is 0 Å². The summed E-state index contributed by atoms with van der Waals surface area (Å²) in [5.74, 6) is 1.04. The molecule has 0 atom stereocenters. The van der Waals surface area contributed by atoms with Gasteiger partial charge in [-0.1, -0.05) is 41.6 Å². The van der Waals surface area contributed by atoms with Gasteiger partial charge in [0.15, 0.2) is 0 Å². The van der Waals surface area contributed by atoms with E-state index in [1.165, 1.54) is 11.1 Å². The van der Waals surface area contributed by atoms with Crippen molar-refractivity contribution in [1.29, 1.82) is 0 Å². The van der Waals surface area contributed by atoms with Gasteiger partial charge >= 0.3 is 0 Å². The predicted octanol–water partition coefficient (Wildman–Crippen LogP) is 2.76. The van der Waals surface area contributed by atoms with E-state index in [-0.39, 0.29) is 5.91 Å². The molecule has 0 fully saturated rings. The standard InChI is InChI=1S/C20H19N3O3/c1-21-18(24)11-13-5-7-14(8-6-13)19-22-20(26-23-19)17-4-2-3-15-12-25-10-9-16(15)17/h2-8H,9-12H2,1H3,(H,21,24). The van der Waals surface area contributed by atoms with Gasteiger partial charge in [0.2, 0.25) is 11.7 Å². The van der Waals surface area contributed by atoms with Crippen molar-refractivity contribution in [3.05, 3.63) is 59.2 Å². The third-order valence-electron chi connectivity index (χ3n) is 4.54. The van der Waals surface area contributed by atoms with Gasteiger partial charge in [0.25, 0.3) is 5.89 Å². The third kappa shape index (κ3) is 3.23. The summed E-state index contributed by atoms with van der Waals surface area (Å²) >= 11 is 0. The Kier molecular flexibility index (Phi) is 4.50. The molecule has 1 aliphatic rings. The van der Waals surface area contributed by atoms with Gasteiger partial charge in [-0.3, -0.25) is 4.79 Å². The van der Waals surface area contributed by atoms with E-state index >= 15 is 0 Å². The average molecular weight is 349 g/mol. The smallest absolute Gasteiger partial charge is 0.258 e. The molecule has 3 aromatic rings. The zero-order valence-corrected chi connectivity index (χ0v) is 14.5. The SMILES string of the molecule is CNC(=O)Cc1ccc(-c2noc(-c3cccc4c3CCOC4)n2)cc1. The topological polar surface area (TPSA) is 77.2 Å². The first-order valence-corrected chi connectivity index (χ1v) is 8.57. The molecule has 0 saturated heterocycles. The monoisotopic (exact) mass is 349 g/mol. The highest BCUT2D eigenvalue weighted by atomic mass is 16.5. The van der Waals surface area contributed by atoms with Gasteiger partial charge in [-0.25, -0.2) is 0 Å². The molecule has 26 heavy (non-hydrogen) atoms. The van der Waals surface area contributed by atoms with Crippen LogP contribution in [0.4, 0.5) is 0 Å². The minimum atomic E-state index is -0.0163. The van der Waals surface area contributed by atoms with E-state index in [0.717, 1.165) is 23.1 Å². The fourth-order valence-corrected chi connectivity index (χ4v) is 3.12. The summed E-state index contributed by atoms with van der Waals surface area (Å²) in [6, 6.07) is 13.7. The van der Waals surface area contributed by atoms with E-state index < -0.39 is 0 Å². The molecule has 4 rings (SSSR count). The van der Waals surface area contributed by atoms with Gasteiger partial charge in [0.1, 0.15) is 0 Å². The summed E-state index contributed by atoms with van der Waals surface area (Å²) in [6.45, 7) is 1.33. The first-order valence-electron chi connectivity index (χ1n) is 8.57. The second-order valence-electron chi connectivity index (χ2n) is 6.22. The number of ether oxygens (including phenoxy) is 1. The number of benzene rings is 2. The maximum absolute atomic E-state index is 11.5. The lowest BCUT2D eigenvalue weighted by molar-refractivity contribution is -0.119. The van der Waals surface area contributed by atoms with E-state index in [9.17, 15) is 4.79 Å². The molecule has 0 spiro atoms. The third-order valence-corrected chi connectivity index (χ3v) is 4.54. The Labute approximate surface area is 151 Å². The summed E-state index contributed by atoms with van der Waals surface area (Å²) in [4.78, 5) is 16.0. The van der Waals surface area contributed by atoms with Gasteiger partial charge in [-0.2, -0.15) is 4.98 Å². The largest absolute Gasteiger partial charge is 0.376 e. The van der Waals surface area contributed by atoms with Crippen LogP contribution in [0.1, 0.15) is 16.7 Å². The van der Waals surface area contributed by atoms with Crippen molar-refractivity contribution >= 4 is 5.91 Å². The minimum Gasteiger partial charge on any atom is -0.376 e. The van der Waals surface area contributed by atoms with Crippen LogP contribution in [0.25, 0.3) is 22.8 Å². The second kappa shape index (κ2) is 7.09. The molecule has 132 valence electrons. The van der Waals surface area contributed by atoms with E-state index in [1.54, 1.807) is 7.05 Å². The molecule has 0 saturated carbocycles. The average Bonchev–Trinajstić information content (AvgIpc) is 3.18. The Morgan fingerprint density at radius 2 is 2.04 bits per heavy atom. The van der Waals surface area contributed by atoms with Crippen molar-refractivity contribution in [2.75, 3.05) is 13.7 Å². The Morgan fingerprint density at radius 1 is 1.19 bits per heavy atom. The van der Waals surface area contributed by atoms with E-state index in [2.05, 4.69) is 21.5 Å². The molecule has 0 aliphatic carbocycles. The molecule has 6 nitrogen and oxygen atoms in total. The summed E-state index contributed by atoms with van der Waals surface area (Å²) < 4.78 is 11.0. The lowest BCUT2D eigenvalue weighted by Gasteiger charge is -2.18. The van der Waals surface area contributed by atoms with Gasteiger partial charge in [-0.05, 0) is 29.2 Å². The molecule has 0 radical (unpaired) electrons. The number of nitrogens with zero attached hydrogens (tertiary/aromatic N) is 2. The van der Waals surface area contributed by atoms with Crippen LogP contribution in [0.5, 0.6) is 0 Å². The molecule has 0 bridgehead atoms. The zero-order valence-electron chi connectivity index (χ0n) is 14.5. The number of aromatic nitrogens is 2. The highest BCUT2D eigenvalue weighted by molar-refractivity contribution is 5.78. The van der Waals surface area contributed by atoms with Crippen LogP contribution in [-0.4, -0.2) is 29.7 Å². The van der Waals surface area contributed by atoms with Crippen LogP contribution in [-0.2, 0) is 29.0 Å². The van der Waals surface area contributed by atoms with E-state index in [4.69, 9.17) is 9.26 Å². The Hall–Kier alpha value is -2.99. The molecule has 0 unspecified atom stereocenters. The molecule has 2 heterocycles. The summed E-state index contributed by atoms with van der Waals surface area (Å²) in [6.07, 6.45) is 1.20. The number of hydrogen-bond acceptors (Lipinski definition) is 5. The lowest BCUT2D eigenvalue weighted by Crippen LogP contribution is -2.19. The number of nitrogens with one attached hydrogen (secondary N) is 1. The molecular formula is C20H19N3O3. The van der Waals surface area contributed by atoms with Gasteiger partial charge < -0.3 is 14.6 Å². The van der Waals surface area contributed by atoms with Crippen LogP contribution in [0.15, 0.2) is 47.0 Å². The lowest BCUT2D eigenvalue weighted by atomic mass is 9.97. The summed E-state index contributed by atoms with van der Waals surface area (Å²) in [7, 11) is 1.63. The van der Waals surface area contributed by atoms with Crippen molar-refractivity contribution in [3.8, 4) is 22.8 Å². The zero-order chi connectivity index (χ0) is 17.9. The van der Waals surface area contributed by atoms with Crippen LogP contribution in [0, 0.1) is 0 Å². The maximum Gasteiger partial charge on any atom is 0.258 e. The van der Waals surface area contributed by atoms with Crippen molar-refractivity contribution < 1.29 is 14.1 Å². The highest BCUT2D eigenvalue weighted by Crippen LogP contribution is 2.30. The highest BCUT2D eigenvalue weighted by Gasteiger charge is 2.19. The van der Waals surface area contributed by atoms with Gasteiger partial charge in [0, 0.05) is 18.2 Å². The number of amides is 1. The normalized spacial score (nSPS) is 13.3. The van der Waals surface area contributed by atoms with Crippen LogP contribution < -0.4 is 5.32 Å². The summed E-state index contributed by atoms with van der Waals surface area (Å²) in [5.41, 5.74) is 5.16. The molecule has 1 aliphatic heterocycles. The first-order chi connectivity index (χ1) is 12.7. The number of carbonyl (C=O) groups is 1. The number of hydrogen-bond donors (Lipinski definition) is 1. The maximum atomic E-state index is 11.5. The van der Waals surface area contributed by atoms with Crippen LogP contribution in [0.3, 0.4) is 0 Å². The van der Waals surface area contributed by atoms with Crippen molar-refractivity contribution in [2.24, 2.45) is 0 Å². The van der Waals surface area contributed by atoms with E-state index in [0.29, 0.717) is 31.3 Å². The number of fused-ring (bicyclic) bond motifs is 1. The van der Waals surface area contributed by atoms with Crippen LogP contribution in [0.2, 0.25) is 0 Å². The fraction of sp³-hybridized carbons (Fsp3) is 0.250. The second-order valence-corrected chi connectivity index (χ2v) is 6.22. The van der Waals surface area contributed by atoms with Gasteiger partial charge in [0.05, 0.1) is 19.6 Å². The van der Waals surface area contributed by atoms with E-state index in [1.807, 2.05) is 36.4 Å². The molecule has 1 N–H and O–H groups in total. The quantitative estimate of drug-likeness (QED) is 0.784. The molecular weight excluding hydrogens is 330 g/mol. The van der Waals surface area contributed by atoms with Crippen molar-refractivity contribution in [1.82, 2.24) is 15.5 Å². The molecule has 6 heteroatoms. The minimum absolute atomic E-state index is 0.0163. The molecule has 1 aromatic heterocycles. The molecule has 2 aromatic carbocycles. The van der Waals surface area contributed by atoms with Crippen LogP contribution >= 0.6 is 0 Å².